The maximum atomic E-state index is 5.53. The normalized spacial score (nSPS) is 10.8. The number of fused-ring (bicyclic) bond motifs is 1. The minimum atomic E-state index is 0.724. The van der Waals surface area contributed by atoms with Crippen molar-refractivity contribution in [3.63, 3.8) is 0 Å². The first-order valence-corrected chi connectivity index (χ1v) is 7.86. The first-order chi connectivity index (χ1) is 10.8. The van der Waals surface area contributed by atoms with Crippen LogP contribution in [0.1, 0.15) is 25.5 Å². The maximum Gasteiger partial charge on any atom is 0.221 e. The van der Waals surface area contributed by atoms with Crippen molar-refractivity contribution in [1.82, 2.24) is 4.98 Å². The molecule has 2 aromatic carbocycles. The number of benzene rings is 2. The Bertz CT molecular complexity index is 765. The zero-order valence-corrected chi connectivity index (χ0v) is 13.2. The smallest absolute Gasteiger partial charge is 0.221 e. The van der Waals surface area contributed by atoms with E-state index in [0.29, 0.717) is 0 Å². The molecule has 0 bridgehead atoms. The molecule has 3 rings (SSSR count). The van der Waals surface area contributed by atoms with E-state index in [1.807, 2.05) is 12.1 Å². The Morgan fingerprint density at radius 1 is 0.909 bits per heavy atom. The molecular weight excluding hydrogens is 270 g/mol. The summed E-state index contributed by atoms with van der Waals surface area (Å²) in [6, 6.07) is 18.9. The number of unbranched alkanes of at least 4 members (excludes halogenated alkanes) is 1. The van der Waals surface area contributed by atoms with Gasteiger partial charge < -0.3 is 4.74 Å². The van der Waals surface area contributed by atoms with Crippen LogP contribution in [-0.2, 0) is 6.42 Å². The van der Waals surface area contributed by atoms with Crippen molar-refractivity contribution >= 4 is 10.8 Å². The number of methoxy groups -OCH3 is 1. The Morgan fingerprint density at radius 3 is 2.27 bits per heavy atom. The van der Waals surface area contributed by atoms with E-state index in [2.05, 4.69) is 49.4 Å². The van der Waals surface area contributed by atoms with Gasteiger partial charge in [-0.1, -0.05) is 61.9 Å². The van der Waals surface area contributed by atoms with E-state index in [1.165, 1.54) is 16.5 Å². The summed E-state index contributed by atoms with van der Waals surface area (Å²) in [6.45, 7) is 2.21. The lowest BCUT2D eigenvalue weighted by atomic mass is 9.95. The van der Waals surface area contributed by atoms with E-state index in [9.17, 15) is 0 Å². The van der Waals surface area contributed by atoms with E-state index in [0.717, 1.165) is 36.2 Å². The first kappa shape index (κ1) is 14.6. The van der Waals surface area contributed by atoms with Gasteiger partial charge >= 0.3 is 0 Å². The van der Waals surface area contributed by atoms with Crippen molar-refractivity contribution in [2.24, 2.45) is 0 Å². The lowest BCUT2D eigenvalue weighted by Gasteiger charge is -2.15. The van der Waals surface area contributed by atoms with E-state index < -0.39 is 0 Å². The molecule has 2 nitrogen and oxygen atoms in total. The Hall–Kier alpha value is -2.35. The highest BCUT2D eigenvalue weighted by Gasteiger charge is 2.15. The predicted octanol–water partition coefficient (Wildman–Crippen LogP) is 5.25. The molecule has 1 heterocycles. The molecule has 0 N–H and O–H groups in total. The molecule has 0 aliphatic heterocycles. The second-order valence-electron chi connectivity index (χ2n) is 5.46. The third-order valence-corrected chi connectivity index (χ3v) is 3.97. The first-order valence-electron chi connectivity index (χ1n) is 7.86. The molecule has 0 fully saturated rings. The van der Waals surface area contributed by atoms with Crippen molar-refractivity contribution in [1.29, 1.82) is 0 Å². The number of hydrogen-bond acceptors (Lipinski definition) is 2. The van der Waals surface area contributed by atoms with Crippen molar-refractivity contribution in [3.05, 3.63) is 60.3 Å². The van der Waals surface area contributed by atoms with Crippen LogP contribution >= 0.6 is 0 Å². The summed E-state index contributed by atoms with van der Waals surface area (Å²) in [5.41, 5.74) is 3.59. The van der Waals surface area contributed by atoms with Gasteiger partial charge in [-0.3, -0.25) is 0 Å². The highest BCUT2D eigenvalue weighted by atomic mass is 16.5. The average molecular weight is 291 g/mol. The van der Waals surface area contributed by atoms with Crippen molar-refractivity contribution in [3.8, 4) is 17.0 Å². The minimum Gasteiger partial charge on any atom is -0.481 e. The quantitative estimate of drug-likeness (QED) is 0.640. The third kappa shape index (κ3) is 2.69. The standard InChI is InChI=1S/C20H21NO/c1-3-4-14-18-19(15-10-6-5-7-11-15)16-12-8-9-13-17(16)20(21-18)22-2/h5-13H,3-4,14H2,1-2H3. The Morgan fingerprint density at radius 2 is 1.59 bits per heavy atom. The van der Waals surface area contributed by atoms with Gasteiger partial charge in [0.2, 0.25) is 5.88 Å². The average Bonchev–Trinajstić information content (AvgIpc) is 2.59. The number of hydrogen-bond donors (Lipinski definition) is 0. The third-order valence-electron chi connectivity index (χ3n) is 3.97. The number of aromatic nitrogens is 1. The number of nitrogens with zero attached hydrogens (tertiary/aromatic N) is 1. The summed E-state index contributed by atoms with van der Waals surface area (Å²) < 4.78 is 5.53. The van der Waals surface area contributed by atoms with Crippen LogP contribution in [0.3, 0.4) is 0 Å². The number of rotatable bonds is 5. The molecule has 0 radical (unpaired) electrons. The molecule has 0 aliphatic rings. The van der Waals surface area contributed by atoms with Crippen LogP contribution in [0, 0.1) is 0 Å². The highest BCUT2D eigenvalue weighted by Crippen LogP contribution is 2.36. The van der Waals surface area contributed by atoms with Crippen molar-refractivity contribution in [2.75, 3.05) is 7.11 Å². The fourth-order valence-electron chi connectivity index (χ4n) is 2.89. The van der Waals surface area contributed by atoms with Crippen LogP contribution < -0.4 is 4.74 Å². The molecule has 3 aromatic rings. The van der Waals surface area contributed by atoms with Crippen LogP contribution in [0.2, 0.25) is 0 Å². The summed E-state index contributed by atoms with van der Waals surface area (Å²) in [4.78, 5) is 4.81. The lowest BCUT2D eigenvalue weighted by Crippen LogP contribution is -2.00. The summed E-state index contributed by atoms with van der Waals surface area (Å²) in [7, 11) is 1.70. The zero-order valence-electron chi connectivity index (χ0n) is 13.2. The van der Waals surface area contributed by atoms with Gasteiger partial charge in [-0.15, -0.1) is 0 Å². The van der Waals surface area contributed by atoms with Crippen LogP contribution in [-0.4, -0.2) is 12.1 Å². The topological polar surface area (TPSA) is 22.1 Å². The van der Waals surface area contributed by atoms with E-state index in [4.69, 9.17) is 9.72 Å². The van der Waals surface area contributed by atoms with Crippen molar-refractivity contribution in [2.45, 2.75) is 26.2 Å². The van der Waals surface area contributed by atoms with Gasteiger partial charge in [-0.05, 0) is 29.9 Å². The van der Waals surface area contributed by atoms with E-state index in [-0.39, 0.29) is 0 Å². The van der Waals surface area contributed by atoms with Gasteiger partial charge in [0.15, 0.2) is 0 Å². The van der Waals surface area contributed by atoms with Crippen LogP contribution in [0.15, 0.2) is 54.6 Å². The molecule has 0 unspecified atom stereocenters. The monoisotopic (exact) mass is 291 g/mol. The fraction of sp³-hybridized carbons (Fsp3) is 0.250. The van der Waals surface area contributed by atoms with Gasteiger partial charge in [-0.2, -0.15) is 0 Å². The molecule has 0 atom stereocenters. The predicted molar refractivity (Wildman–Crippen MR) is 92.3 cm³/mol. The molecule has 0 saturated carbocycles. The summed E-state index contributed by atoms with van der Waals surface area (Å²) in [6.07, 6.45) is 3.27. The molecule has 0 saturated heterocycles. The van der Waals surface area contributed by atoms with Crippen molar-refractivity contribution < 1.29 is 4.74 Å². The maximum absolute atomic E-state index is 5.53. The molecule has 0 aliphatic carbocycles. The Kier molecular flexibility index (Phi) is 4.38. The van der Waals surface area contributed by atoms with Crippen LogP contribution in [0.25, 0.3) is 21.9 Å². The van der Waals surface area contributed by atoms with Gasteiger partial charge in [-0.25, -0.2) is 4.98 Å². The second kappa shape index (κ2) is 6.61. The number of ether oxygens (including phenoxy) is 1. The van der Waals surface area contributed by atoms with Gasteiger partial charge in [0.25, 0.3) is 0 Å². The fourth-order valence-corrected chi connectivity index (χ4v) is 2.89. The molecule has 0 amide bonds. The summed E-state index contributed by atoms with van der Waals surface area (Å²) >= 11 is 0. The minimum absolute atomic E-state index is 0.724. The second-order valence-corrected chi connectivity index (χ2v) is 5.46. The molecule has 0 spiro atoms. The number of pyridine rings is 1. The lowest BCUT2D eigenvalue weighted by molar-refractivity contribution is 0.402. The highest BCUT2D eigenvalue weighted by molar-refractivity contribution is 6.00. The van der Waals surface area contributed by atoms with E-state index in [1.54, 1.807) is 7.11 Å². The van der Waals surface area contributed by atoms with Gasteiger partial charge in [0.1, 0.15) is 0 Å². The van der Waals surface area contributed by atoms with Crippen LogP contribution in [0.4, 0.5) is 0 Å². The SMILES string of the molecule is CCCCc1nc(OC)c2ccccc2c1-c1ccccc1. The van der Waals surface area contributed by atoms with E-state index >= 15 is 0 Å². The zero-order chi connectivity index (χ0) is 15.4. The Balaban J connectivity index is 2.30. The largest absolute Gasteiger partial charge is 0.481 e. The van der Waals surface area contributed by atoms with Gasteiger partial charge in [0, 0.05) is 10.9 Å². The Labute approximate surface area is 131 Å². The molecule has 2 heteroatoms. The summed E-state index contributed by atoms with van der Waals surface area (Å²) in [5, 5.41) is 2.29. The molecule has 22 heavy (non-hydrogen) atoms. The molecular formula is C20H21NO. The van der Waals surface area contributed by atoms with Crippen LogP contribution in [0.5, 0.6) is 5.88 Å². The summed E-state index contributed by atoms with van der Waals surface area (Å²) in [5.74, 6) is 0.724. The molecule has 112 valence electrons. The number of aryl methyl sites for hydroxylation is 1. The molecule has 1 aromatic heterocycles. The van der Waals surface area contributed by atoms with Gasteiger partial charge in [0.05, 0.1) is 12.8 Å².